The van der Waals surface area contributed by atoms with E-state index in [-0.39, 0.29) is 18.0 Å². The van der Waals surface area contributed by atoms with Crippen molar-refractivity contribution < 1.29 is 13.9 Å². The third-order valence-corrected chi connectivity index (χ3v) is 5.23. The zero-order valence-corrected chi connectivity index (χ0v) is 16.9. The van der Waals surface area contributed by atoms with Crippen LogP contribution in [0.5, 0.6) is 5.75 Å². The van der Waals surface area contributed by atoms with Crippen LogP contribution in [0.3, 0.4) is 0 Å². The van der Waals surface area contributed by atoms with Gasteiger partial charge in [-0.3, -0.25) is 4.79 Å². The van der Waals surface area contributed by atoms with Crippen LogP contribution in [0, 0.1) is 12.8 Å². The monoisotopic (exact) mass is 373 g/mol. The van der Waals surface area contributed by atoms with Crippen LogP contribution in [0.4, 0.5) is 0 Å². The molecule has 5 heteroatoms. The maximum Gasteiger partial charge on any atom is 0.339 e. The molecule has 1 atom stereocenters. The molecule has 0 saturated heterocycles. The lowest BCUT2D eigenvalue weighted by Gasteiger charge is -2.15. The van der Waals surface area contributed by atoms with Gasteiger partial charge in [-0.15, -0.1) is 0 Å². The lowest BCUT2D eigenvalue weighted by atomic mass is 9.99. The van der Waals surface area contributed by atoms with Gasteiger partial charge in [-0.25, -0.2) is 4.79 Å². The maximum absolute atomic E-state index is 12.4. The Morgan fingerprint density at radius 2 is 2.07 bits per heavy atom. The number of hydrogen-bond acceptors (Lipinski definition) is 4. The van der Waals surface area contributed by atoms with Gasteiger partial charge in [0.15, 0.2) is 0 Å². The maximum atomic E-state index is 12.4. The Balaban J connectivity index is 2.02. The summed E-state index contributed by atoms with van der Waals surface area (Å²) in [7, 11) is 1.57. The molecule has 0 aliphatic rings. The Bertz CT molecular complexity index is 825. The number of nitrogens with one attached hydrogen (secondary N) is 1. The Labute approximate surface area is 161 Å². The molecule has 1 aromatic heterocycles. The zero-order valence-electron chi connectivity index (χ0n) is 16.9. The number of amides is 1. The number of carbonyl (C=O) groups excluding carboxylic acids is 1. The second kappa shape index (κ2) is 10.1. The minimum absolute atomic E-state index is 0.0152. The molecule has 1 aromatic carbocycles. The average molecular weight is 373 g/mol. The topological polar surface area (TPSA) is 68.5 Å². The van der Waals surface area contributed by atoms with E-state index < -0.39 is 0 Å². The zero-order chi connectivity index (χ0) is 19.8. The smallest absolute Gasteiger partial charge is 0.339 e. The average Bonchev–Trinajstić information content (AvgIpc) is 2.67. The van der Waals surface area contributed by atoms with Gasteiger partial charge in [0.05, 0.1) is 7.11 Å². The van der Waals surface area contributed by atoms with Crippen LogP contribution >= 0.6 is 0 Å². The highest BCUT2D eigenvalue weighted by Crippen LogP contribution is 2.24. The fraction of sp³-hybridized carbons (Fsp3) is 0.545. The van der Waals surface area contributed by atoms with Gasteiger partial charge in [-0.05, 0) is 43.4 Å². The van der Waals surface area contributed by atoms with Crippen molar-refractivity contribution in [1.82, 2.24) is 5.32 Å². The van der Waals surface area contributed by atoms with Gasteiger partial charge < -0.3 is 14.5 Å². The standard InChI is InChI=1S/C22H31NO4/c1-5-7-8-16(6-2)14-23-21(24)12-11-19-15(3)18-10-9-17(26-4)13-20(18)27-22(19)25/h9-10,13,16H,5-8,11-12,14H2,1-4H3,(H,23,24). The molecule has 0 aliphatic carbocycles. The van der Waals surface area contributed by atoms with E-state index in [1.807, 2.05) is 19.1 Å². The fourth-order valence-electron chi connectivity index (χ4n) is 3.32. The second-order valence-electron chi connectivity index (χ2n) is 7.08. The van der Waals surface area contributed by atoms with Gasteiger partial charge in [0.25, 0.3) is 0 Å². The van der Waals surface area contributed by atoms with E-state index in [0.29, 0.717) is 35.8 Å². The lowest BCUT2D eigenvalue weighted by Crippen LogP contribution is -2.29. The quantitative estimate of drug-likeness (QED) is 0.628. The van der Waals surface area contributed by atoms with E-state index in [1.165, 1.54) is 12.8 Å². The van der Waals surface area contributed by atoms with E-state index >= 15 is 0 Å². The molecule has 1 N–H and O–H groups in total. The van der Waals surface area contributed by atoms with Crippen molar-refractivity contribution in [2.45, 2.75) is 59.3 Å². The molecule has 1 amide bonds. The van der Waals surface area contributed by atoms with E-state index in [0.717, 1.165) is 23.8 Å². The summed E-state index contributed by atoms with van der Waals surface area (Å²) in [5.74, 6) is 1.15. The number of methoxy groups -OCH3 is 1. The Morgan fingerprint density at radius 1 is 1.30 bits per heavy atom. The van der Waals surface area contributed by atoms with Crippen molar-refractivity contribution in [1.29, 1.82) is 0 Å². The Hall–Kier alpha value is -2.30. The van der Waals surface area contributed by atoms with Crippen molar-refractivity contribution in [3.63, 3.8) is 0 Å². The van der Waals surface area contributed by atoms with Crippen molar-refractivity contribution in [3.8, 4) is 5.75 Å². The van der Waals surface area contributed by atoms with E-state index in [4.69, 9.17) is 9.15 Å². The molecule has 0 bridgehead atoms. The third-order valence-electron chi connectivity index (χ3n) is 5.23. The van der Waals surface area contributed by atoms with Gasteiger partial charge in [0.2, 0.25) is 5.91 Å². The number of carbonyl (C=O) groups is 1. The first-order chi connectivity index (χ1) is 13.0. The van der Waals surface area contributed by atoms with Gasteiger partial charge in [0.1, 0.15) is 11.3 Å². The molecule has 2 rings (SSSR count). The van der Waals surface area contributed by atoms with E-state index in [1.54, 1.807) is 13.2 Å². The number of ether oxygens (including phenoxy) is 1. The summed E-state index contributed by atoms with van der Waals surface area (Å²) in [6, 6.07) is 5.43. The first-order valence-corrected chi connectivity index (χ1v) is 9.87. The van der Waals surface area contributed by atoms with E-state index in [2.05, 4.69) is 19.2 Å². The second-order valence-corrected chi connectivity index (χ2v) is 7.08. The number of rotatable bonds is 10. The Kier molecular flexibility index (Phi) is 7.89. The van der Waals surface area contributed by atoms with Crippen LogP contribution in [0.1, 0.15) is 57.1 Å². The minimum Gasteiger partial charge on any atom is -0.497 e. The highest BCUT2D eigenvalue weighted by atomic mass is 16.5. The summed E-state index contributed by atoms with van der Waals surface area (Å²) in [5.41, 5.74) is 1.56. The number of aryl methyl sites for hydroxylation is 1. The molecule has 0 spiro atoms. The van der Waals surface area contributed by atoms with Crippen LogP contribution in [0.2, 0.25) is 0 Å². The molecule has 148 valence electrons. The van der Waals surface area contributed by atoms with Crippen LogP contribution < -0.4 is 15.7 Å². The van der Waals surface area contributed by atoms with Gasteiger partial charge in [0, 0.05) is 30.0 Å². The largest absolute Gasteiger partial charge is 0.497 e. The molecule has 1 unspecified atom stereocenters. The number of fused-ring (bicyclic) bond motifs is 1. The van der Waals surface area contributed by atoms with Crippen molar-refractivity contribution in [3.05, 3.63) is 39.7 Å². The predicted octanol–water partition coefficient (Wildman–Crippen LogP) is 4.38. The highest BCUT2D eigenvalue weighted by molar-refractivity contribution is 5.82. The third kappa shape index (κ3) is 5.59. The van der Waals surface area contributed by atoms with Crippen LogP contribution in [-0.4, -0.2) is 19.6 Å². The van der Waals surface area contributed by atoms with Crippen molar-refractivity contribution in [2.24, 2.45) is 5.92 Å². The summed E-state index contributed by atoms with van der Waals surface area (Å²) in [4.78, 5) is 24.6. The van der Waals surface area contributed by atoms with E-state index in [9.17, 15) is 9.59 Å². The normalized spacial score (nSPS) is 12.1. The molecule has 5 nitrogen and oxygen atoms in total. The predicted molar refractivity (Wildman–Crippen MR) is 108 cm³/mol. The molecular weight excluding hydrogens is 342 g/mol. The first kappa shape index (κ1) is 21.0. The summed E-state index contributed by atoms with van der Waals surface area (Å²) in [6.07, 6.45) is 5.25. The minimum atomic E-state index is -0.379. The summed E-state index contributed by atoms with van der Waals surface area (Å²) in [5, 5.41) is 3.89. The van der Waals surface area contributed by atoms with Gasteiger partial charge in [-0.2, -0.15) is 0 Å². The summed E-state index contributed by atoms with van der Waals surface area (Å²) >= 11 is 0. The Morgan fingerprint density at radius 3 is 2.74 bits per heavy atom. The molecule has 27 heavy (non-hydrogen) atoms. The SMILES string of the molecule is CCCCC(CC)CNC(=O)CCc1c(C)c2ccc(OC)cc2oc1=O. The van der Waals surface area contributed by atoms with Gasteiger partial charge in [-0.1, -0.05) is 33.1 Å². The first-order valence-electron chi connectivity index (χ1n) is 9.87. The van der Waals surface area contributed by atoms with Crippen molar-refractivity contribution >= 4 is 16.9 Å². The molecule has 2 aromatic rings. The van der Waals surface area contributed by atoms with Crippen LogP contribution in [-0.2, 0) is 11.2 Å². The lowest BCUT2D eigenvalue weighted by molar-refractivity contribution is -0.121. The molecule has 0 fully saturated rings. The van der Waals surface area contributed by atoms with Crippen molar-refractivity contribution in [2.75, 3.05) is 13.7 Å². The summed E-state index contributed by atoms with van der Waals surface area (Å²) in [6.45, 7) is 6.95. The molecule has 0 saturated carbocycles. The van der Waals surface area contributed by atoms with Crippen LogP contribution in [0.15, 0.2) is 27.4 Å². The number of hydrogen-bond donors (Lipinski definition) is 1. The summed E-state index contributed by atoms with van der Waals surface area (Å²) < 4.78 is 10.6. The molecule has 0 aliphatic heterocycles. The highest BCUT2D eigenvalue weighted by Gasteiger charge is 2.14. The van der Waals surface area contributed by atoms with Gasteiger partial charge >= 0.3 is 5.63 Å². The molecule has 1 heterocycles. The molecule has 0 radical (unpaired) electrons. The fourth-order valence-corrected chi connectivity index (χ4v) is 3.32. The number of benzene rings is 1. The van der Waals surface area contributed by atoms with Crippen LogP contribution in [0.25, 0.3) is 11.0 Å². The number of unbranched alkanes of at least 4 members (excludes halogenated alkanes) is 1. The molecular formula is C22H31NO4.